The third-order valence-corrected chi connectivity index (χ3v) is 4.90. The van der Waals surface area contributed by atoms with E-state index in [0.29, 0.717) is 50.9 Å². The molecule has 0 saturated carbocycles. The Morgan fingerprint density at radius 2 is 1.87 bits per heavy atom. The first-order valence-corrected chi connectivity index (χ1v) is 9.57. The second-order valence-corrected chi connectivity index (χ2v) is 7.01. The van der Waals surface area contributed by atoms with E-state index in [1.165, 1.54) is 19.2 Å². The van der Waals surface area contributed by atoms with Gasteiger partial charge in [-0.2, -0.15) is 5.10 Å². The molecule has 4 aromatic rings. The van der Waals surface area contributed by atoms with E-state index >= 15 is 0 Å². The number of benzene rings is 2. The number of hydrogen-bond acceptors (Lipinski definition) is 5. The van der Waals surface area contributed by atoms with Crippen molar-refractivity contribution in [3.8, 4) is 17.2 Å². The molecule has 0 aliphatic heterocycles. The predicted molar refractivity (Wildman–Crippen MR) is 116 cm³/mol. The second kappa shape index (κ2) is 8.06. The Balaban J connectivity index is 1.81. The van der Waals surface area contributed by atoms with Gasteiger partial charge >= 0.3 is 0 Å². The summed E-state index contributed by atoms with van der Waals surface area (Å²) in [4.78, 5) is 17.8. The van der Waals surface area contributed by atoms with Gasteiger partial charge in [-0.15, -0.1) is 0 Å². The van der Waals surface area contributed by atoms with Gasteiger partial charge in [0.25, 0.3) is 5.91 Å². The van der Waals surface area contributed by atoms with Crippen LogP contribution in [0.25, 0.3) is 16.7 Å². The van der Waals surface area contributed by atoms with E-state index in [2.05, 4.69) is 15.4 Å². The highest BCUT2D eigenvalue weighted by Gasteiger charge is 2.21. The maximum absolute atomic E-state index is 13.8. The van der Waals surface area contributed by atoms with Gasteiger partial charge in [0, 0.05) is 11.8 Å². The van der Waals surface area contributed by atoms with E-state index in [1.807, 2.05) is 0 Å². The highest BCUT2D eigenvalue weighted by Crippen LogP contribution is 2.31. The lowest BCUT2D eigenvalue weighted by Crippen LogP contribution is -2.14. The van der Waals surface area contributed by atoms with Crippen LogP contribution in [0, 0.1) is 19.7 Å². The van der Waals surface area contributed by atoms with Crippen LogP contribution in [0.1, 0.15) is 21.7 Å². The molecule has 0 saturated heterocycles. The van der Waals surface area contributed by atoms with Gasteiger partial charge in [0.1, 0.15) is 17.3 Å². The quantitative estimate of drug-likeness (QED) is 0.516. The van der Waals surface area contributed by atoms with Crippen LogP contribution in [-0.2, 0) is 0 Å². The van der Waals surface area contributed by atoms with Crippen molar-refractivity contribution in [2.75, 3.05) is 19.5 Å². The SMILES string of the molecule is COc1ccc(NC(=O)c2cc(C)nc3c2c(C)nn3-c2cccc(F)c2)c(OC)c1. The van der Waals surface area contributed by atoms with E-state index in [4.69, 9.17) is 9.47 Å². The monoisotopic (exact) mass is 420 g/mol. The van der Waals surface area contributed by atoms with Gasteiger partial charge in [0.05, 0.1) is 42.2 Å². The van der Waals surface area contributed by atoms with Gasteiger partial charge in [-0.05, 0) is 50.2 Å². The molecule has 0 fully saturated rings. The number of ether oxygens (including phenoxy) is 2. The summed E-state index contributed by atoms with van der Waals surface area (Å²) < 4.78 is 25.9. The highest BCUT2D eigenvalue weighted by molar-refractivity contribution is 6.13. The zero-order chi connectivity index (χ0) is 22.1. The largest absolute Gasteiger partial charge is 0.497 e. The number of methoxy groups -OCH3 is 2. The van der Waals surface area contributed by atoms with E-state index in [0.717, 1.165) is 0 Å². The van der Waals surface area contributed by atoms with Crippen LogP contribution in [0.4, 0.5) is 10.1 Å². The number of amides is 1. The van der Waals surface area contributed by atoms with E-state index in [1.54, 1.807) is 62.0 Å². The van der Waals surface area contributed by atoms with Crippen molar-refractivity contribution in [1.29, 1.82) is 0 Å². The summed E-state index contributed by atoms with van der Waals surface area (Å²) in [5, 5.41) is 8.00. The molecule has 2 aromatic carbocycles. The molecule has 31 heavy (non-hydrogen) atoms. The maximum Gasteiger partial charge on any atom is 0.256 e. The first-order chi connectivity index (χ1) is 14.9. The van der Waals surface area contributed by atoms with Gasteiger partial charge < -0.3 is 14.8 Å². The fraction of sp³-hybridized carbons (Fsp3) is 0.174. The van der Waals surface area contributed by atoms with Crippen molar-refractivity contribution in [2.45, 2.75) is 13.8 Å². The van der Waals surface area contributed by atoms with E-state index in [-0.39, 0.29) is 11.7 Å². The molecule has 1 N–H and O–H groups in total. The lowest BCUT2D eigenvalue weighted by molar-refractivity contribution is 0.102. The molecular weight excluding hydrogens is 399 g/mol. The van der Waals surface area contributed by atoms with Crippen LogP contribution in [0.2, 0.25) is 0 Å². The number of pyridine rings is 1. The molecule has 0 bridgehead atoms. The number of nitrogens with one attached hydrogen (secondary N) is 1. The van der Waals surface area contributed by atoms with E-state index < -0.39 is 0 Å². The first-order valence-electron chi connectivity index (χ1n) is 9.57. The van der Waals surface area contributed by atoms with Gasteiger partial charge in [-0.3, -0.25) is 4.79 Å². The van der Waals surface area contributed by atoms with Gasteiger partial charge in [-0.25, -0.2) is 14.1 Å². The van der Waals surface area contributed by atoms with Crippen molar-refractivity contribution in [2.24, 2.45) is 0 Å². The van der Waals surface area contributed by atoms with Crippen LogP contribution in [0.3, 0.4) is 0 Å². The summed E-state index contributed by atoms with van der Waals surface area (Å²) >= 11 is 0. The van der Waals surface area contributed by atoms with Crippen molar-refractivity contribution in [3.05, 3.63) is 71.3 Å². The van der Waals surface area contributed by atoms with Crippen LogP contribution in [0.5, 0.6) is 11.5 Å². The molecule has 2 aromatic heterocycles. The van der Waals surface area contributed by atoms with Gasteiger partial charge in [0.2, 0.25) is 0 Å². The smallest absolute Gasteiger partial charge is 0.256 e. The summed E-state index contributed by atoms with van der Waals surface area (Å²) in [6.07, 6.45) is 0. The fourth-order valence-electron chi connectivity index (χ4n) is 3.47. The molecule has 0 radical (unpaired) electrons. The summed E-state index contributed by atoms with van der Waals surface area (Å²) in [5.74, 6) is 0.378. The summed E-state index contributed by atoms with van der Waals surface area (Å²) in [6.45, 7) is 3.59. The number of anilines is 1. The van der Waals surface area contributed by atoms with Crippen molar-refractivity contribution in [3.63, 3.8) is 0 Å². The number of rotatable bonds is 5. The zero-order valence-corrected chi connectivity index (χ0v) is 17.6. The molecule has 7 nitrogen and oxygen atoms in total. The number of halogens is 1. The van der Waals surface area contributed by atoms with Crippen LogP contribution in [-0.4, -0.2) is 34.9 Å². The number of carbonyl (C=O) groups is 1. The lowest BCUT2D eigenvalue weighted by atomic mass is 10.1. The third-order valence-electron chi connectivity index (χ3n) is 4.90. The average molecular weight is 420 g/mol. The molecule has 2 heterocycles. The number of nitrogens with zero attached hydrogens (tertiary/aromatic N) is 3. The van der Waals surface area contributed by atoms with Crippen molar-refractivity contribution < 1.29 is 18.7 Å². The Morgan fingerprint density at radius 3 is 2.58 bits per heavy atom. The number of aromatic nitrogens is 3. The van der Waals surface area contributed by atoms with Crippen LogP contribution >= 0.6 is 0 Å². The predicted octanol–water partition coefficient (Wildman–Crippen LogP) is 4.45. The molecule has 0 unspecified atom stereocenters. The van der Waals surface area contributed by atoms with Crippen molar-refractivity contribution >= 4 is 22.6 Å². The minimum atomic E-state index is -0.379. The molecule has 0 aliphatic rings. The Hall–Kier alpha value is -3.94. The Labute approximate surface area is 178 Å². The molecule has 158 valence electrons. The van der Waals surface area contributed by atoms with Crippen LogP contribution in [0.15, 0.2) is 48.5 Å². The number of hydrogen-bond donors (Lipinski definition) is 1. The highest BCUT2D eigenvalue weighted by atomic mass is 19.1. The topological polar surface area (TPSA) is 78.3 Å². The molecular formula is C23H21FN4O3. The van der Waals surface area contributed by atoms with Gasteiger partial charge in [-0.1, -0.05) is 6.07 Å². The zero-order valence-electron chi connectivity index (χ0n) is 17.6. The van der Waals surface area contributed by atoms with Crippen LogP contribution < -0.4 is 14.8 Å². The minimum absolute atomic E-state index is 0.333. The first kappa shape index (κ1) is 20.3. The Morgan fingerprint density at radius 1 is 1.06 bits per heavy atom. The molecule has 0 spiro atoms. The Kier molecular flexibility index (Phi) is 5.29. The lowest BCUT2D eigenvalue weighted by Gasteiger charge is -2.12. The van der Waals surface area contributed by atoms with Crippen molar-refractivity contribution in [1.82, 2.24) is 14.8 Å². The van der Waals surface area contributed by atoms with Gasteiger partial charge in [0.15, 0.2) is 5.65 Å². The summed E-state index contributed by atoms with van der Waals surface area (Å²) in [6, 6.07) is 12.9. The second-order valence-electron chi connectivity index (χ2n) is 7.01. The number of fused-ring (bicyclic) bond motifs is 1. The standard InChI is InChI=1S/C23H21FN4O3/c1-13-10-18(23(29)26-19-9-8-17(30-3)12-20(19)31-4)21-14(2)27-28(22(21)25-13)16-7-5-6-15(24)11-16/h5-12H,1-4H3,(H,26,29). The Bertz CT molecular complexity index is 1300. The number of carbonyl (C=O) groups excluding carboxylic acids is 1. The normalized spacial score (nSPS) is 10.9. The summed E-state index contributed by atoms with van der Waals surface area (Å²) in [7, 11) is 3.08. The molecule has 4 rings (SSSR count). The molecule has 8 heteroatoms. The number of aryl methyl sites for hydroxylation is 2. The maximum atomic E-state index is 13.8. The molecule has 0 atom stereocenters. The minimum Gasteiger partial charge on any atom is -0.497 e. The fourth-order valence-corrected chi connectivity index (χ4v) is 3.47. The summed E-state index contributed by atoms with van der Waals surface area (Å²) in [5.41, 5.74) is 3.18. The molecule has 1 amide bonds. The average Bonchev–Trinajstić information content (AvgIpc) is 3.09. The third kappa shape index (κ3) is 3.79. The van der Waals surface area contributed by atoms with E-state index in [9.17, 15) is 9.18 Å². The molecule has 0 aliphatic carbocycles.